The van der Waals surface area contributed by atoms with Gasteiger partial charge in [0.15, 0.2) is 11.5 Å². The molecule has 1 atom stereocenters. The summed E-state index contributed by atoms with van der Waals surface area (Å²) in [4.78, 5) is 0. The van der Waals surface area contributed by atoms with Crippen molar-refractivity contribution in [3.63, 3.8) is 0 Å². The summed E-state index contributed by atoms with van der Waals surface area (Å²) in [5.41, 5.74) is 3.48. The second-order valence-electron chi connectivity index (χ2n) is 5.87. The molecule has 0 bridgehead atoms. The van der Waals surface area contributed by atoms with Crippen LogP contribution in [0.1, 0.15) is 30.0 Å². The zero-order chi connectivity index (χ0) is 17.4. The molecule has 0 aromatic heterocycles. The van der Waals surface area contributed by atoms with Crippen molar-refractivity contribution in [1.29, 1.82) is 0 Å². The zero-order valence-electron chi connectivity index (χ0n) is 15.1. The van der Waals surface area contributed by atoms with Crippen LogP contribution in [-0.2, 0) is 13.2 Å². The van der Waals surface area contributed by atoms with Crippen LogP contribution in [0.15, 0.2) is 42.5 Å². The molecule has 0 aliphatic carbocycles. The lowest BCUT2D eigenvalue weighted by Gasteiger charge is -2.16. The van der Waals surface area contributed by atoms with E-state index in [4.69, 9.17) is 9.47 Å². The van der Waals surface area contributed by atoms with E-state index in [0.717, 1.165) is 23.5 Å². The van der Waals surface area contributed by atoms with Crippen LogP contribution in [-0.4, -0.2) is 24.9 Å². The van der Waals surface area contributed by atoms with Gasteiger partial charge in [0.2, 0.25) is 0 Å². The second-order valence-corrected chi connectivity index (χ2v) is 5.87. The molecule has 25 heavy (non-hydrogen) atoms. The summed E-state index contributed by atoms with van der Waals surface area (Å²) in [6.45, 7) is 5.48. The smallest absolute Gasteiger partial charge is 0.161 e. The Balaban J connectivity index is 0.00000312. The number of hydrogen-bond acceptors (Lipinski definition) is 4. The van der Waals surface area contributed by atoms with E-state index >= 15 is 0 Å². The van der Waals surface area contributed by atoms with E-state index in [0.29, 0.717) is 13.2 Å². The van der Waals surface area contributed by atoms with E-state index in [9.17, 15) is 5.11 Å². The Bertz CT molecular complexity index is 645. The molecule has 0 amide bonds. The highest BCUT2D eigenvalue weighted by Gasteiger charge is 2.09. The number of hydrogen-bond donors (Lipinski definition) is 2. The Labute approximate surface area is 156 Å². The number of aryl methyl sites for hydroxylation is 1. The quantitative estimate of drug-likeness (QED) is 0.708. The maximum Gasteiger partial charge on any atom is 0.161 e. The monoisotopic (exact) mass is 365 g/mol. The van der Waals surface area contributed by atoms with Crippen molar-refractivity contribution in [2.45, 2.75) is 39.5 Å². The highest BCUT2D eigenvalue weighted by Crippen LogP contribution is 2.29. The molecule has 0 heterocycles. The van der Waals surface area contributed by atoms with Gasteiger partial charge in [-0.25, -0.2) is 0 Å². The molecule has 2 aromatic rings. The van der Waals surface area contributed by atoms with Crippen LogP contribution in [0.25, 0.3) is 0 Å². The van der Waals surface area contributed by atoms with Crippen LogP contribution in [0.5, 0.6) is 11.5 Å². The van der Waals surface area contributed by atoms with Crippen molar-refractivity contribution in [3.8, 4) is 11.5 Å². The predicted octanol–water partition coefficient (Wildman–Crippen LogP) is 3.86. The van der Waals surface area contributed by atoms with Gasteiger partial charge in [-0.2, -0.15) is 0 Å². The lowest BCUT2D eigenvalue weighted by Crippen LogP contribution is -2.31. The van der Waals surface area contributed by atoms with E-state index in [-0.39, 0.29) is 25.1 Å². The number of aliphatic hydroxyl groups excluding tert-OH is 1. The summed E-state index contributed by atoms with van der Waals surface area (Å²) in [6.07, 6.45) is 0.894. The first-order valence-electron chi connectivity index (χ1n) is 8.36. The Morgan fingerprint density at radius 1 is 1.12 bits per heavy atom. The number of nitrogens with one attached hydrogen (secondary N) is 1. The van der Waals surface area contributed by atoms with Gasteiger partial charge in [0.05, 0.1) is 13.7 Å². The van der Waals surface area contributed by atoms with E-state index < -0.39 is 0 Å². The van der Waals surface area contributed by atoms with E-state index in [1.165, 1.54) is 11.1 Å². The summed E-state index contributed by atoms with van der Waals surface area (Å²) < 4.78 is 11.4. The summed E-state index contributed by atoms with van der Waals surface area (Å²) in [7, 11) is 1.65. The number of aliphatic hydroxyl groups is 1. The van der Waals surface area contributed by atoms with Gasteiger partial charge in [-0.1, -0.05) is 37.3 Å². The predicted molar refractivity (Wildman–Crippen MR) is 104 cm³/mol. The third-order valence-corrected chi connectivity index (χ3v) is 4.18. The summed E-state index contributed by atoms with van der Waals surface area (Å²) in [5, 5.41) is 12.6. The summed E-state index contributed by atoms with van der Waals surface area (Å²) >= 11 is 0. The van der Waals surface area contributed by atoms with Crippen molar-refractivity contribution in [2.24, 2.45) is 0 Å². The van der Waals surface area contributed by atoms with E-state index in [2.05, 4.69) is 31.3 Å². The van der Waals surface area contributed by atoms with Crippen LogP contribution in [0.4, 0.5) is 0 Å². The molecule has 0 saturated heterocycles. The molecule has 0 spiro atoms. The average Bonchev–Trinajstić information content (AvgIpc) is 2.62. The summed E-state index contributed by atoms with van der Waals surface area (Å²) in [6, 6.07) is 14.2. The molecular formula is C20H28ClNO3. The molecule has 0 aliphatic heterocycles. The van der Waals surface area contributed by atoms with Gasteiger partial charge in [-0.15, -0.1) is 12.4 Å². The molecule has 1 unspecified atom stereocenters. The van der Waals surface area contributed by atoms with Gasteiger partial charge in [0, 0.05) is 12.6 Å². The lowest BCUT2D eigenvalue weighted by atomic mass is 10.1. The molecule has 2 rings (SSSR count). The average molecular weight is 366 g/mol. The fourth-order valence-corrected chi connectivity index (χ4v) is 2.47. The highest BCUT2D eigenvalue weighted by molar-refractivity contribution is 5.85. The minimum atomic E-state index is 0. The van der Waals surface area contributed by atoms with Crippen LogP contribution >= 0.6 is 12.4 Å². The molecule has 0 fully saturated rings. The molecule has 0 radical (unpaired) electrons. The molecule has 2 aromatic carbocycles. The first-order valence-corrected chi connectivity index (χ1v) is 8.36. The van der Waals surface area contributed by atoms with Gasteiger partial charge in [-0.05, 0) is 42.2 Å². The number of benzene rings is 2. The molecule has 0 aliphatic rings. The normalized spacial score (nSPS) is 11.5. The maximum absolute atomic E-state index is 9.24. The Kier molecular flexibility index (Phi) is 9.35. The highest BCUT2D eigenvalue weighted by atomic mass is 35.5. The van der Waals surface area contributed by atoms with Gasteiger partial charge in [-0.3, -0.25) is 0 Å². The second kappa shape index (κ2) is 11.0. The largest absolute Gasteiger partial charge is 0.493 e. The van der Waals surface area contributed by atoms with Gasteiger partial charge in [0.1, 0.15) is 6.61 Å². The minimum Gasteiger partial charge on any atom is -0.493 e. The third kappa shape index (κ3) is 6.24. The van der Waals surface area contributed by atoms with Crippen LogP contribution < -0.4 is 14.8 Å². The van der Waals surface area contributed by atoms with E-state index in [1.54, 1.807) is 7.11 Å². The molecule has 0 saturated carbocycles. The minimum absolute atomic E-state index is 0. The Hall–Kier alpha value is -1.75. The lowest BCUT2D eigenvalue weighted by molar-refractivity contribution is 0.238. The van der Waals surface area contributed by atoms with Gasteiger partial charge >= 0.3 is 0 Å². The van der Waals surface area contributed by atoms with Crippen LogP contribution in [0, 0.1) is 6.92 Å². The number of ether oxygens (including phenoxy) is 2. The van der Waals surface area contributed by atoms with Gasteiger partial charge in [0.25, 0.3) is 0 Å². The fraction of sp³-hybridized carbons (Fsp3) is 0.400. The molecule has 4 nitrogen and oxygen atoms in total. The van der Waals surface area contributed by atoms with Crippen LogP contribution in [0.2, 0.25) is 0 Å². The first kappa shape index (κ1) is 21.3. The molecule has 138 valence electrons. The van der Waals surface area contributed by atoms with Crippen molar-refractivity contribution in [2.75, 3.05) is 13.7 Å². The maximum atomic E-state index is 9.24. The standard InChI is InChI=1S/C20H27NO3.ClH/c1-4-18(13-22)21-12-16-9-10-19(20(11-16)23-3)24-14-17-8-6-5-7-15(17)2;/h5-11,18,21-22H,4,12-14H2,1-3H3;1H. The number of methoxy groups -OCH3 is 1. The van der Waals surface area contributed by atoms with Gasteiger partial charge < -0.3 is 19.9 Å². The molecule has 5 heteroatoms. The van der Waals surface area contributed by atoms with Crippen LogP contribution in [0.3, 0.4) is 0 Å². The SMILES string of the molecule is CCC(CO)NCc1ccc(OCc2ccccc2C)c(OC)c1.Cl. The van der Waals surface area contributed by atoms with Crippen molar-refractivity contribution in [1.82, 2.24) is 5.32 Å². The van der Waals surface area contributed by atoms with Crippen molar-refractivity contribution < 1.29 is 14.6 Å². The third-order valence-electron chi connectivity index (χ3n) is 4.18. The topological polar surface area (TPSA) is 50.7 Å². The Morgan fingerprint density at radius 3 is 2.52 bits per heavy atom. The summed E-state index contributed by atoms with van der Waals surface area (Å²) in [5.74, 6) is 1.46. The zero-order valence-corrected chi connectivity index (χ0v) is 15.9. The van der Waals surface area contributed by atoms with E-state index in [1.807, 2.05) is 30.3 Å². The van der Waals surface area contributed by atoms with Crippen molar-refractivity contribution >= 4 is 12.4 Å². The van der Waals surface area contributed by atoms with Crippen molar-refractivity contribution in [3.05, 3.63) is 59.2 Å². The molecule has 2 N–H and O–H groups in total. The first-order chi connectivity index (χ1) is 11.7. The number of halogens is 1. The Morgan fingerprint density at radius 2 is 1.88 bits per heavy atom. The molecular weight excluding hydrogens is 338 g/mol. The number of rotatable bonds is 9. The fourth-order valence-electron chi connectivity index (χ4n) is 2.47.